The molecule has 1 aliphatic heterocycles. The van der Waals surface area contributed by atoms with Gasteiger partial charge in [0, 0.05) is 5.56 Å². The van der Waals surface area contributed by atoms with Crippen molar-refractivity contribution in [1.82, 2.24) is 4.90 Å². The molecule has 0 bridgehead atoms. The normalized spacial score (nSPS) is 17.7. The van der Waals surface area contributed by atoms with Gasteiger partial charge in [-0.1, -0.05) is 12.1 Å². The molecule has 1 aromatic heterocycles. The van der Waals surface area contributed by atoms with Crippen LogP contribution in [0.1, 0.15) is 22.9 Å². The molecule has 1 aliphatic rings. The maximum atomic E-state index is 13.0. The quantitative estimate of drug-likeness (QED) is 0.370. The second-order valence-electron chi connectivity index (χ2n) is 7.01. The van der Waals surface area contributed by atoms with Crippen molar-refractivity contribution < 1.29 is 28.6 Å². The molecule has 1 N–H and O–H groups in total. The molecule has 3 aromatic rings. The Morgan fingerprint density at radius 1 is 1.00 bits per heavy atom. The number of aliphatic hydroxyl groups excluding tert-OH is 1. The number of ketones is 1. The van der Waals surface area contributed by atoms with Crippen molar-refractivity contribution in [2.75, 3.05) is 14.2 Å². The van der Waals surface area contributed by atoms with Gasteiger partial charge in [0.1, 0.15) is 23.0 Å². The maximum absolute atomic E-state index is 13.0. The zero-order valence-electron chi connectivity index (χ0n) is 17.1. The van der Waals surface area contributed by atoms with Crippen LogP contribution in [0.4, 0.5) is 0 Å². The Kier molecular flexibility index (Phi) is 5.49. The summed E-state index contributed by atoms with van der Waals surface area (Å²) in [5, 5.41) is 11.1. The number of hydrogen-bond donors (Lipinski definition) is 1. The average molecular weight is 419 g/mol. The van der Waals surface area contributed by atoms with Crippen molar-refractivity contribution in [2.24, 2.45) is 0 Å². The highest BCUT2D eigenvalue weighted by Crippen LogP contribution is 2.41. The average Bonchev–Trinajstić information content (AvgIpc) is 3.41. The number of benzene rings is 2. The largest absolute Gasteiger partial charge is 0.507 e. The molecule has 0 aliphatic carbocycles. The van der Waals surface area contributed by atoms with E-state index in [0.29, 0.717) is 28.4 Å². The van der Waals surface area contributed by atoms with Gasteiger partial charge >= 0.3 is 0 Å². The van der Waals surface area contributed by atoms with Gasteiger partial charge in [-0.15, -0.1) is 0 Å². The molecule has 158 valence electrons. The van der Waals surface area contributed by atoms with Crippen molar-refractivity contribution in [2.45, 2.75) is 12.6 Å². The Morgan fingerprint density at radius 2 is 1.74 bits per heavy atom. The number of aliphatic hydroxyl groups is 1. The number of amides is 1. The summed E-state index contributed by atoms with van der Waals surface area (Å²) in [6, 6.07) is 16.3. The van der Waals surface area contributed by atoms with Gasteiger partial charge in [-0.25, -0.2) is 0 Å². The minimum Gasteiger partial charge on any atom is -0.507 e. The van der Waals surface area contributed by atoms with Crippen molar-refractivity contribution >= 4 is 17.4 Å². The summed E-state index contributed by atoms with van der Waals surface area (Å²) in [5.41, 5.74) is 1.06. The van der Waals surface area contributed by atoms with E-state index in [1.165, 1.54) is 25.4 Å². The van der Waals surface area contributed by atoms with Gasteiger partial charge in [0.2, 0.25) is 0 Å². The molecule has 2 aromatic carbocycles. The Balaban J connectivity index is 1.86. The molecule has 1 amide bonds. The summed E-state index contributed by atoms with van der Waals surface area (Å²) in [4.78, 5) is 27.4. The number of likely N-dealkylation sites (tertiary alicyclic amines) is 1. The topological polar surface area (TPSA) is 89.2 Å². The van der Waals surface area contributed by atoms with Crippen molar-refractivity contribution in [1.29, 1.82) is 0 Å². The summed E-state index contributed by atoms with van der Waals surface area (Å²) in [5.74, 6) is -0.00771. The summed E-state index contributed by atoms with van der Waals surface area (Å²) in [7, 11) is 3.08. The number of methoxy groups -OCH3 is 2. The first-order chi connectivity index (χ1) is 15.0. The number of nitrogens with zero attached hydrogens (tertiary/aromatic N) is 1. The molecular formula is C24H21NO6. The molecule has 0 saturated carbocycles. The van der Waals surface area contributed by atoms with Gasteiger partial charge in [0.25, 0.3) is 11.7 Å². The predicted molar refractivity (Wildman–Crippen MR) is 113 cm³/mol. The SMILES string of the molecule is COc1ccc(C(O)=C2C(=O)C(=O)N(Cc3ccco3)[C@@H]2c2cccc(OC)c2)cc1. The van der Waals surface area contributed by atoms with E-state index in [9.17, 15) is 14.7 Å². The van der Waals surface area contributed by atoms with Crippen LogP contribution in [0.2, 0.25) is 0 Å². The second kappa shape index (κ2) is 8.39. The molecule has 2 heterocycles. The Bertz CT molecular complexity index is 1130. The van der Waals surface area contributed by atoms with E-state index in [2.05, 4.69) is 0 Å². The molecule has 7 nitrogen and oxygen atoms in total. The molecule has 0 spiro atoms. The number of carbonyl (C=O) groups is 2. The van der Waals surface area contributed by atoms with Crippen molar-refractivity contribution in [3.63, 3.8) is 0 Å². The Labute approximate surface area is 179 Å². The first-order valence-corrected chi connectivity index (χ1v) is 9.62. The molecule has 7 heteroatoms. The van der Waals surface area contributed by atoms with Crippen LogP contribution < -0.4 is 9.47 Å². The van der Waals surface area contributed by atoms with Gasteiger partial charge in [-0.2, -0.15) is 0 Å². The third kappa shape index (κ3) is 3.77. The van der Waals surface area contributed by atoms with E-state index in [4.69, 9.17) is 13.9 Å². The van der Waals surface area contributed by atoms with Gasteiger partial charge in [0.15, 0.2) is 0 Å². The highest BCUT2D eigenvalue weighted by Gasteiger charge is 2.46. The first kappa shape index (κ1) is 20.3. The molecule has 0 unspecified atom stereocenters. The maximum Gasteiger partial charge on any atom is 0.296 e. The molecule has 4 rings (SSSR count). The van der Waals surface area contributed by atoms with E-state index in [0.717, 1.165) is 0 Å². The molecule has 1 atom stereocenters. The standard InChI is InChI=1S/C24H21NO6/c1-29-17-10-8-15(9-11-17)22(26)20-21(16-5-3-6-18(13-16)30-2)25(24(28)23(20)27)14-19-7-4-12-31-19/h3-13,21,26H,14H2,1-2H3/t21-/m1/s1. The number of ether oxygens (including phenoxy) is 2. The van der Waals surface area contributed by atoms with Crippen molar-refractivity contribution in [3.05, 3.63) is 89.4 Å². The Morgan fingerprint density at radius 3 is 2.39 bits per heavy atom. The zero-order valence-corrected chi connectivity index (χ0v) is 17.1. The smallest absolute Gasteiger partial charge is 0.296 e. The predicted octanol–water partition coefficient (Wildman–Crippen LogP) is 3.92. The summed E-state index contributed by atoms with van der Waals surface area (Å²) in [6.07, 6.45) is 1.50. The van der Waals surface area contributed by atoms with Gasteiger partial charge < -0.3 is 23.9 Å². The lowest BCUT2D eigenvalue weighted by Gasteiger charge is -2.24. The highest BCUT2D eigenvalue weighted by atomic mass is 16.5. The fraction of sp³-hybridized carbons (Fsp3) is 0.167. The summed E-state index contributed by atoms with van der Waals surface area (Å²) in [6.45, 7) is 0.0822. The van der Waals surface area contributed by atoms with Gasteiger partial charge in [-0.05, 0) is 54.1 Å². The number of furan rings is 1. The summed E-state index contributed by atoms with van der Waals surface area (Å²) >= 11 is 0. The first-order valence-electron chi connectivity index (χ1n) is 9.62. The lowest BCUT2D eigenvalue weighted by atomic mass is 9.95. The summed E-state index contributed by atoms with van der Waals surface area (Å²) < 4.78 is 15.9. The molecule has 0 radical (unpaired) electrons. The fourth-order valence-electron chi connectivity index (χ4n) is 3.68. The number of hydrogen-bond acceptors (Lipinski definition) is 6. The second-order valence-corrected chi connectivity index (χ2v) is 7.01. The van der Waals surface area contributed by atoms with Crippen LogP contribution in [0.15, 0.2) is 76.9 Å². The minimum absolute atomic E-state index is 0.00924. The Hall–Kier alpha value is -4.00. The van der Waals surface area contributed by atoms with Gasteiger partial charge in [-0.3, -0.25) is 9.59 Å². The molecule has 1 fully saturated rings. The van der Waals surface area contributed by atoms with Crippen LogP contribution in [0, 0.1) is 0 Å². The van der Waals surface area contributed by atoms with Crippen LogP contribution in [-0.4, -0.2) is 35.9 Å². The minimum atomic E-state index is -0.803. The molecular weight excluding hydrogens is 398 g/mol. The molecule has 1 saturated heterocycles. The lowest BCUT2D eigenvalue weighted by Crippen LogP contribution is -2.29. The van der Waals surface area contributed by atoms with E-state index in [1.54, 1.807) is 60.7 Å². The van der Waals surface area contributed by atoms with Crippen LogP contribution in [0.5, 0.6) is 11.5 Å². The number of Topliss-reactive ketones (excluding diaryl/α,β-unsaturated/α-hetero) is 1. The van der Waals surface area contributed by atoms with E-state index < -0.39 is 17.7 Å². The van der Waals surface area contributed by atoms with E-state index >= 15 is 0 Å². The molecule has 31 heavy (non-hydrogen) atoms. The van der Waals surface area contributed by atoms with Crippen LogP contribution in [0.3, 0.4) is 0 Å². The van der Waals surface area contributed by atoms with E-state index in [1.807, 2.05) is 0 Å². The van der Waals surface area contributed by atoms with Gasteiger partial charge in [0.05, 0.1) is 38.6 Å². The van der Waals surface area contributed by atoms with Crippen LogP contribution in [0.25, 0.3) is 5.76 Å². The number of rotatable bonds is 6. The third-order valence-electron chi connectivity index (χ3n) is 5.22. The van der Waals surface area contributed by atoms with Crippen LogP contribution in [-0.2, 0) is 16.1 Å². The number of carbonyl (C=O) groups excluding carboxylic acids is 2. The van der Waals surface area contributed by atoms with Crippen molar-refractivity contribution in [3.8, 4) is 11.5 Å². The lowest BCUT2D eigenvalue weighted by molar-refractivity contribution is -0.140. The zero-order chi connectivity index (χ0) is 22.0. The third-order valence-corrected chi connectivity index (χ3v) is 5.22. The monoisotopic (exact) mass is 419 g/mol. The highest BCUT2D eigenvalue weighted by molar-refractivity contribution is 6.46. The fourth-order valence-corrected chi connectivity index (χ4v) is 3.68. The van der Waals surface area contributed by atoms with E-state index in [-0.39, 0.29) is 17.9 Å². The van der Waals surface area contributed by atoms with Crippen LogP contribution >= 0.6 is 0 Å².